The number of rotatable bonds is 4. The summed E-state index contributed by atoms with van der Waals surface area (Å²) < 4.78 is 16.4. The van der Waals surface area contributed by atoms with Gasteiger partial charge < -0.3 is 14.2 Å². The monoisotopic (exact) mass is 299 g/mol. The molecule has 0 aromatic rings. The first kappa shape index (κ1) is 15.7. The van der Waals surface area contributed by atoms with Gasteiger partial charge in [0.15, 0.2) is 5.76 Å². The van der Waals surface area contributed by atoms with Gasteiger partial charge in [0.25, 0.3) is 0 Å². The van der Waals surface area contributed by atoms with Crippen molar-refractivity contribution < 1.29 is 14.0 Å². The molecule has 5 heteroatoms. The summed E-state index contributed by atoms with van der Waals surface area (Å²) in [4.78, 5) is 0. The van der Waals surface area contributed by atoms with E-state index in [1.54, 1.807) is 11.9 Å². The average molecular weight is 299 g/mol. The Morgan fingerprint density at radius 3 is 2.50 bits per heavy atom. The van der Waals surface area contributed by atoms with Crippen LogP contribution in [0.15, 0.2) is 22.7 Å². The van der Waals surface area contributed by atoms with Crippen molar-refractivity contribution >= 4 is 11.9 Å². The normalized spacial score (nSPS) is 24.3. The van der Waals surface area contributed by atoms with Crippen LogP contribution < -0.4 is 4.72 Å². The van der Waals surface area contributed by atoms with Crippen molar-refractivity contribution in [2.75, 3.05) is 32.5 Å². The molecule has 0 aromatic heterocycles. The second-order valence-electron chi connectivity index (χ2n) is 5.90. The van der Waals surface area contributed by atoms with Crippen molar-refractivity contribution in [1.29, 1.82) is 0 Å². The molecule has 4 nitrogen and oxygen atoms in total. The van der Waals surface area contributed by atoms with Crippen molar-refractivity contribution in [3.05, 3.63) is 22.7 Å². The van der Waals surface area contributed by atoms with Gasteiger partial charge in [-0.1, -0.05) is 11.9 Å². The van der Waals surface area contributed by atoms with Crippen LogP contribution in [0.2, 0.25) is 0 Å². The third kappa shape index (κ3) is 2.59. The maximum Gasteiger partial charge on any atom is 0.205 e. The molecule has 20 heavy (non-hydrogen) atoms. The standard InChI is InChI=1S/C15H27N2O2S/c1-7-17(8-2)9-13(16-20-6)12-10-18-15(4,5)19-14(12)11(17)3/h16H,7-10H2,1-6H3/q+1. The molecule has 0 unspecified atom stereocenters. The molecule has 114 valence electrons. The second-order valence-corrected chi connectivity index (χ2v) is 6.52. The summed E-state index contributed by atoms with van der Waals surface area (Å²) in [5.74, 6) is 0.492. The fourth-order valence-corrected chi connectivity index (χ4v) is 3.47. The van der Waals surface area contributed by atoms with Crippen LogP contribution in [-0.2, 0) is 9.47 Å². The molecular formula is C15H27N2O2S+. The number of nitrogens with one attached hydrogen (secondary N) is 1. The summed E-state index contributed by atoms with van der Waals surface area (Å²) in [6, 6.07) is 0. The van der Waals surface area contributed by atoms with E-state index < -0.39 is 5.79 Å². The Kier molecular flexibility index (Phi) is 4.42. The summed E-state index contributed by atoms with van der Waals surface area (Å²) in [5.41, 5.74) is 3.76. The molecule has 1 saturated heterocycles. The molecule has 2 heterocycles. The van der Waals surface area contributed by atoms with Crippen LogP contribution in [-0.4, -0.2) is 42.8 Å². The van der Waals surface area contributed by atoms with E-state index in [0.717, 1.165) is 29.9 Å². The minimum absolute atomic E-state index is 0.543. The Bertz CT molecular complexity index is 451. The second kappa shape index (κ2) is 5.62. The van der Waals surface area contributed by atoms with Gasteiger partial charge in [0.2, 0.25) is 5.79 Å². The molecule has 2 aliphatic rings. The maximum atomic E-state index is 6.16. The van der Waals surface area contributed by atoms with E-state index in [2.05, 4.69) is 31.7 Å². The number of allylic oxidation sites excluding steroid dienone is 1. The topological polar surface area (TPSA) is 30.5 Å². The lowest BCUT2D eigenvalue weighted by molar-refractivity contribution is -0.886. The largest absolute Gasteiger partial charge is 0.457 e. The molecule has 0 spiro atoms. The van der Waals surface area contributed by atoms with Crippen molar-refractivity contribution in [2.24, 2.45) is 0 Å². The van der Waals surface area contributed by atoms with Gasteiger partial charge in [-0.05, 0) is 13.8 Å². The third-order valence-corrected chi connectivity index (χ3v) is 4.94. The van der Waals surface area contributed by atoms with Gasteiger partial charge >= 0.3 is 0 Å². The Balaban J connectivity index is 2.50. The van der Waals surface area contributed by atoms with Gasteiger partial charge in [-0.3, -0.25) is 4.48 Å². The lowest BCUT2D eigenvalue weighted by Gasteiger charge is -2.45. The fraction of sp³-hybridized carbons (Fsp3) is 0.733. The molecule has 0 saturated carbocycles. The lowest BCUT2D eigenvalue weighted by Crippen LogP contribution is -2.53. The van der Waals surface area contributed by atoms with Gasteiger partial charge in [-0.15, -0.1) is 0 Å². The van der Waals surface area contributed by atoms with Crippen molar-refractivity contribution in [3.8, 4) is 0 Å². The fourth-order valence-electron chi connectivity index (χ4n) is 3.04. The molecule has 0 amide bonds. The van der Waals surface area contributed by atoms with E-state index in [1.807, 2.05) is 13.8 Å². The van der Waals surface area contributed by atoms with Gasteiger partial charge in [0.05, 0.1) is 31.0 Å². The summed E-state index contributed by atoms with van der Waals surface area (Å²) in [6.45, 7) is 14.4. The third-order valence-electron chi connectivity index (χ3n) is 4.49. The van der Waals surface area contributed by atoms with E-state index in [0.29, 0.717) is 6.61 Å². The molecule has 0 aliphatic carbocycles. The first-order valence-electron chi connectivity index (χ1n) is 7.31. The number of hydrogen-bond acceptors (Lipinski definition) is 4. The van der Waals surface area contributed by atoms with Crippen molar-refractivity contribution in [1.82, 2.24) is 4.72 Å². The van der Waals surface area contributed by atoms with E-state index in [1.165, 1.54) is 17.0 Å². The Morgan fingerprint density at radius 1 is 1.30 bits per heavy atom. The van der Waals surface area contributed by atoms with Gasteiger partial charge in [0, 0.05) is 27.0 Å². The molecule has 1 N–H and O–H groups in total. The smallest absolute Gasteiger partial charge is 0.205 e. The molecule has 0 atom stereocenters. The Hall–Kier alpha value is -0.650. The first-order valence-corrected chi connectivity index (χ1v) is 8.53. The first-order chi connectivity index (χ1) is 9.39. The number of nitrogens with zero attached hydrogens (tertiary/aromatic N) is 1. The highest BCUT2D eigenvalue weighted by Crippen LogP contribution is 2.39. The van der Waals surface area contributed by atoms with Gasteiger partial charge in [-0.2, -0.15) is 0 Å². The van der Waals surface area contributed by atoms with Crippen LogP contribution in [0.25, 0.3) is 0 Å². The molecular weight excluding hydrogens is 272 g/mol. The Morgan fingerprint density at radius 2 is 1.95 bits per heavy atom. The molecule has 0 bridgehead atoms. The predicted molar refractivity (Wildman–Crippen MR) is 83.7 cm³/mol. The number of hydrogen-bond donors (Lipinski definition) is 1. The van der Waals surface area contributed by atoms with Crippen LogP contribution in [0, 0.1) is 0 Å². The van der Waals surface area contributed by atoms with Crippen molar-refractivity contribution in [2.45, 2.75) is 40.4 Å². The average Bonchev–Trinajstić information content (AvgIpc) is 2.41. The molecule has 0 radical (unpaired) electrons. The van der Waals surface area contributed by atoms with Crippen LogP contribution in [0.1, 0.15) is 34.6 Å². The van der Waals surface area contributed by atoms with E-state index in [-0.39, 0.29) is 0 Å². The van der Waals surface area contributed by atoms with Crippen LogP contribution in [0.5, 0.6) is 0 Å². The maximum absolute atomic E-state index is 6.16. The van der Waals surface area contributed by atoms with Crippen LogP contribution in [0.3, 0.4) is 0 Å². The van der Waals surface area contributed by atoms with Crippen molar-refractivity contribution in [3.63, 3.8) is 0 Å². The molecule has 0 aromatic carbocycles. The van der Waals surface area contributed by atoms with E-state index in [9.17, 15) is 0 Å². The number of likely N-dealkylation sites (N-methyl/N-ethyl adjacent to an activating group) is 1. The highest BCUT2D eigenvalue weighted by molar-refractivity contribution is 7.96. The number of quaternary nitrogens is 1. The van der Waals surface area contributed by atoms with Crippen LogP contribution in [0.4, 0.5) is 0 Å². The van der Waals surface area contributed by atoms with Crippen LogP contribution >= 0.6 is 11.9 Å². The summed E-state index contributed by atoms with van der Waals surface area (Å²) in [7, 11) is 0. The molecule has 2 aliphatic heterocycles. The summed E-state index contributed by atoms with van der Waals surface area (Å²) in [5, 5.41) is 0. The van der Waals surface area contributed by atoms with Gasteiger partial charge in [-0.25, -0.2) is 0 Å². The Labute approximate surface area is 126 Å². The molecule has 2 rings (SSSR count). The zero-order valence-corrected chi connectivity index (χ0v) is 14.3. The summed E-state index contributed by atoms with van der Waals surface area (Å²) >= 11 is 1.64. The summed E-state index contributed by atoms with van der Waals surface area (Å²) in [6.07, 6.45) is 2.06. The lowest BCUT2D eigenvalue weighted by atomic mass is 10.0. The zero-order chi connectivity index (χ0) is 15.0. The van der Waals surface area contributed by atoms with E-state index >= 15 is 0 Å². The number of ether oxygens (including phenoxy) is 2. The van der Waals surface area contributed by atoms with Gasteiger partial charge in [0.1, 0.15) is 12.2 Å². The predicted octanol–water partition coefficient (Wildman–Crippen LogP) is 2.99. The SMILES string of the molecule is CC[N+]1(CC)CC(NSC)=C2COC(C)(C)OC2=C1C. The van der Waals surface area contributed by atoms with E-state index in [4.69, 9.17) is 9.47 Å². The minimum Gasteiger partial charge on any atom is -0.457 e. The minimum atomic E-state index is -0.543. The molecule has 1 fully saturated rings. The highest BCUT2D eigenvalue weighted by atomic mass is 32.2. The highest BCUT2D eigenvalue weighted by Gasteiger charge is 2.43. The quantitative estimate of drug-likeness (QED) is 0.638. The number of fused-ring (bicyclic) bond motifs is 1. The zero-order valence-electron chi connectivity index (χ0n) is 13.5.